The van der Waals surface area contributed by atoms with Crippen LogP contribution in [0.15, 0.2) is 22.9 Å². The summed E-state index contributed by atoms with van der Waals surface area (Å²) in [6, 6.07) is 3.59. The van der Waals surface area contributed by atoms with E-state index >= 15 is 0 Å². The summed E-state index contributed by atoms with van der Waals surface area (Å²) in [5, 5.41) is 0. The minimum Gasteiger partial charge on any atom is -0.397 e. The number of hydrogen-bond acceptors (Lipinski definition) is 2. The molecule has 1 heterocycles. The molecule has 0 amide bonds. The Hall–Kier alpha value is -0.570. The molecule has 3 heteroatoms. The number of hydrogen-bond donors (Lipinski definition) is 1. The van der Waals surface area contributed by atoms with E-state index in [1.165, 1.54) is 0 Å². The summed E-state index contributed by atoms with van der Waals surface area (Å²) in [5.74, 6) is 0. The summed E-state index contributed by atoms with van der Waals surface area (Å²) in [6.07, 6.45) is 1.60. The highest BCUT2D eigenvalue weighted by atomic mass is 79.9. The van der Waals surface area contributed by atoms with Crippen LogP contribution in [-0.4, -0.2) is 4.98 Å². The van der Waals surface area contributed by atoms with Gasteiger partial charge in [-0.05, 0) is 28.1 Å². The van der Waals surface area contributed by atoms with Crippen molar-refractivity contribution in [1.82, 2.24) is 4.98 Å². The van der Waals surface area contributed by atoms with Gasteiger partial charge in [-0.2, -0.15) is 0 Å². The second kappa shape index (κ2) is 5.23. The van der Waals surface area contributed by atoms with Crippen molar-refractivity contribution in [3.8, 4) is 0 Å². The molecule has 1 rings (SSSR count). The van der Waals surface area contributed by atoms with E-state index in [1.54, 1.807) is 18.3 Å². The Morgan fingerprint density at radius 2 is 2.00 bits per heavy atom. The van der Waals surface area contributed by atoms with Gasteiger partial charge in [-0.3, -0.25) is 0 Å². The molecule has 0 saturated carbocycles. The minimum atomic E-state index is 0.688. The third-order valence-corrected chi connectivity index (χ3v) is 1.22. The molecule has 0 aliphatic rings. The Morgan fingerprint density at radius 3 is 2.30 bits per heavy atom. The van der Waals surface area contributed by atoms with Crippen LogP contribution in [0, 0.1) is 0 Å². The van der Waals surface area contributed by atoms with E-state index in [0.717, 1.165) is 4.60 Å². The fourth-order valence-corrected chi connectivity index (χ4v) is 0.622. The van der Waals surface area contributed by atoms with Gasteiger partial charge in [0.05, 0.1) is 11.9 Å². The van der Waals surface area contributed by atoms with Gasteiger partial charge in [0.1, 0.15) is 4.60 Å². The van der Waals surface area contributed by atoms with Gasteiger partial charge in [-0.1, -0.05) is 13.8 Å². The number of nitrogens with zero attached hydrogens (tertiary/aromatic N) is 1. The van der Waals surface area contributed by atoms with Crippen molar-refractivity contribution in [3.05, 3.63) is 22.9 Å². The van der Waals surface area contributed by atoms with Crippen LogP contribution in [-0.2, 0) is 0 Å². The average Bonchev–Trinajstić information content (AvgIpc) is 2.00. The molecule has 0 atom stereocenters. The first-order chi connectivity index (χ1) is 4.79. The smallest absolute Gasteiger partial charge is 0.106 e. The second-order valence-electron chi connectivity index (χ2n) is 1.41. The molecule has 0 fully saturated rings. The molecule has 1 aromatic heterocycles. The van der Waals surface area contributed by atoms with Crippen molar-refractivity contribution >= 4 is 21.6 Å². The number of aromatic nitrogens is 1. The SMILES string of the molecule is CC.Nc1ccc(Br)nc1. The number of nitrogens with two attached hydrogens (primary N) is 1. The Kier molecular flexibility index (Phi) is 4.94. The predicted molar refractivity (Wildman–Crippen MR) is 47.7 cm³/mol. The molecule has 0 bridgehead atoms. The zero-order valence-corrected chi connectivity index (χ0v) is 7.72. The average molecular weight is 203 g/mol. The van der Waals surface area contributed by atoms with Gasteiger partial charge in [-0.25, -0.2) is 4.98 Å². The monoisotopic (exact) mass is 202 g/mol. The zero-order chi connectivity index (χ0) is 7.98. The predicted octanol–water partition coefficient (Wildman–Crippen LogP) is 2.45. The highest BCUT2D eigenvalue weighted by Crippen LogP contribution is 2.05. The van der Waals surface area contributed by atoms with E-state index in [1.807, 2.05) is 13.8 Å². The van der Waals surface area contributed by atoms with Crippen LogP contribution >= 0.6 is 15.9 Å². The van der Waals surface area contributed by atoms with E-state index < -0.39 is 0 Å². The molecule has 0 radical (unpaired) electrons. The fraction of sp³-hybridized carbons (Fsp3) is 0.286. The van der Waals surface area contributed by atoms with E-state index in [4.69, 9.17) is 5.73 Å². The fourth-order valence-electron chi connectivity index (χ4n) is 0.387. The second-order valence-corrected chi connectivity index (χ2v) is 2.23. The summed E-state index contributed by atoms with van der Waals surface area (Å²) >= 11 is 3.18. The van der Waals surface area contributed by atoms with Crippen molar-refractivity contribution in [3.63, 3.8) is 0 Å². The van der Waals surface area contributed by atoms with Gasteiger partial charge >= 0.3 is 0 Å². The maximum atomic E-state index is 5.34. The lowest BCUT2D eigenvalue weighted by atomic mass is 10.4. The molecule has 56 valence electrons. The highest BCUT2D eigenvalue weighted by Gasteiger charge is 1.83. The van der Waals surface area contributed by atoms with E-state index in [9.17, 15) is 0 Å². The first-order valence-corrected chi connectivity index (χ1v) is 3.95. The van der Waals surface area contributed by atoms with Crippen molar-refractivity contribution in [2.75, 3.05) is 5.73 Å². The molecule has 2 nitrogen and oxygen atoms in total. The van der Waals surface area contributed by atoms with Crippen LogP contribution < -0.4 is 5.73 Å². The lowest BCUT2D eigenvalue weighted by Crippen LogP contribution is -1.83. The molecule has 0 aromatic carbocycles. The first-order valence-electron chi connectivity index (χ1n) is 3.16. The molecule has 0 aliphatic heterocycles. The number of pyridine rings is 1. The van der Waals surface area contributed by atoms with Crippen molar-refractivity contribution in [2.24, 2.45) is 0 Å². The molecule has 0 spiro atoms. The van der Waals surface area contributed by atoms with Crippen LogP contribution in [0.4, 0.5) is 5.69 Å². The first kappa shape index (κ1) is 9.43. The third kappa shape index (κ3) is 3.45. The van der Waals surface area contributed by atoms with E-state index in [2.05, 4.69) is 20.9 Å². The van der Waals surface area contributed by atoms with E-state index in [-0.39, 0.29) is 0 Å². The van der Waals surface area contributed by atoms with E-state index in [0.29, 0.717) is 5.69 Å². The molecule has 10 heavy (non-hydrogen) atoms. The molecular weight excluding hydrogens is 192 g/mol. The van der Waals surface area contributed by atoms with Gasteiger partial charge < -0.3 is 5.73 Å². The largest absolute Gasteiger partial charge is 0.397 e. The normalized spacial score (nSPS) is 7.90. The van der Waals surface area contributed by atoms with Gasteiger partial charge in [0.25, 0.3) is 0 Å². The van der Waals surface area contributed by atoms with Gasteiger partial charge in [-0.15, -0.1) is 0 Å². The standard InChI is InChI=1S/C5H5BrN2.C2H6/c6-5-2-1-4(7)3-8-5;1-2/h1-3H,7H2;1-2H3. The highest BCUT2D eigenvalue weighted by molar-refractivity contribution is 9.10. The van der Waals surface area contributed by atoms with Crippen molar-refractivity contribution in [2.45, 2.75) is 13.8 Å². The summed E-state index contributed by atoms with van der Waals surface area (Å²) in [7, 11) is 0. The molecule has 0 unspecified atom stereocenters. The number of nitrogen functional groups attached to an aromatic ring is 1. The van der Waals surface area contributed by atoms with Crippen LogP contribution in [0.1, 0.15) is 13.8 Å². The molecule has 2 N–H and O–H groups in total. The van der Waals surface area contributed by atoms with Crippen LogP contribution in [0.5, 0.6) is 0 Å². The summed E-state index contributed by atoms with van der Waals surface area (Å²) < 4.78 is 0.812. The van der Waals surface area contributed by atoms with Crippen molar-refractivity contribution in [1.29, 1.82) is 0 Å². The Labute approximate surface area is 69.6 Å². The zero-order valence-electron chi connectivity index (χ0n) is 6.13. The topological polar surface area (TPSA) is 38.9 Å². The van der Waals surface area contributed by atoms with Crippen molar-refractivity contribution < 1.29 is 0 Å². The maximum absolute atomic E-state index is 5.34. The lowest BCUT2D eigenvalue weighted by molar-refractivity contribution is 1.28. The van der Waals surface area contributed by atoms with Crippen LogP contribution in [0.25, 0.3) is 0 Å². The maximum Gasteiger partial charge on any atom is 0.106 e. The molecular formula is C7H11BrN2. The lowest BCUT2D eigenvalue weighted by Gasteiger charge is -1.88. The quantitative estimate of drug-likeness (QED) is 0.657. The number of anilines is 1. The van der Waals surface area contributed by atoms with Crippen LogP contribution in [0.2, 0.25) is 0 Å². The Bertz CT molecular complexity index is 150. The van der Waals surface area contributed by atoms with Gasteiger partial charge in [0.15, 0.2) is 0 Å². The Balaban J connectivity index is 0.000000371. The van der Waals surface area contributed by atoms with Gasteiger partial charge in [0.2, 0.25) is 0 Å². The Morgan fingerprint density at radius 1 is 1.40 bits per heavy atom. The van der Waals surface area contributed by atoms with Gasteiger partial charge in [0, 0.05) is 0 Å². The molecule has 0 aliphatic carbocycles. The molecule has 1 aromatic rings. The van der Waals surface area contributed by atoms with Crippen LogP contribution in [0.3, 0.4) is 0 Å². The summed E-state index contributed by atoms with van der Waals surface area (Å²) in [6.45, 7) is 4.00. The summed E-state index contributed by atoms with van der Waals surface area (Å²) in [4.78, 5) is 3.87. The number of halogens is 1. The summed E-state index contributed by atoms with van der Waals surface area (Å²) in [5.41, 5.74) is 6.03. The minimum absolute atomic E-state index is 0.688. The third-order valence-electron chi connectivity index (χ3n) is 0.750. The number of rotatable bonds is 0. The molecule has 0 saturated heterocycles.